The van der Waals surface area contributed by atoms with Crippen LogP contribution in [0.15, 0.2) is 18.2 Å². The highest BCUT2D eigenvalue weighted by Crippen LogP contribution is 2.29. The van der Waals surface area contributed by atoms with Crippen LogP contribution in [0.3, 0.4) is 0 Å². The minimum Gasteiger partial charge on any atom is -0.504 e. The Morgan fingerprint density at radius 2 is 2.35 bits per heavy atom. The number of para-hydroxylation sites is 1. The van der Waals surface area contributed by atoms with Gasteiger partial charge in [0, 0.05) is 6.04 Å². The van der Waals surface area contributed by atoms with Crippen molar-refractivity contribution >= 4 is 5.91 Å². The van der Waals surface area contributed by atoms with E-state index in [4.69, 9.17) is 10.00 Å². The van der Waals surface area contributed by atoms with Crippen molar-refractivity contribution < 1.29 is 14.6 Å². The van der Waals surface area contributed by atoms with Crippen LogP contribution in [0.25, 0.3) is 0 Å². The molecule has 0 aromatic heterocycles. The predicted octanol–water partition coefficient (Wildman–Crippen LogP) is 1.43. The molecule has 0 saturated carbocycles. The number of phenolic OH excluding ortho intramolecular Hbond substituents is 1. The second kappa shape index (κ2) is 5.75. The van der Waals surface area contributed by atoms with E-state index in [-0.39, 0.29) is 29.5 Å². The molecule has 5 nitrogen and oxygen atoms in total. The Morgan fingerprint density at radius 1 is 1.65 bits per heavy atom. The number of carbonyl (C=O) groups excluding carboxylic acids is 1. The number of rotatable bonds is 4. The molecule has 1 aromatic rings. The number of methoxy groups -OCH3 is 1. The lowest BCUT2D eigenvalue weighted by molar-refractivity contribution is 0.0937. The number of phenols is 1. The van der Waals surface area contributed by atoms with Crippen molar-refractivity contribution in [2.24, 2.45) is 0 Å². The maximum atomic E-state index is 11.8. The van der Waals surface area contributed by atoms with Crippen molar-refractivity contribution in [1.82, 2.24) is 5.32 Å². The summed E-state index contributed by atoms with van der Waals surface area (Å²) in [6, 6.07) is 6.36. The number of ether oxygens (including phenoxy) is 1. The van der Waals surface area contributed by atoms with Gasteiger partial charge in [0.1, 0.15) is 0 Å². The molecule has 0 fully saturated rings. The van der Waals surface area contributed by atoms with E-state index in [1.165, 1.54) is 13.2 Å². The Kier molecular flexibility index (Phi) is 4.35. The summed E-state index contributed by atoms with van der Waals surface area (Å²) in [4.78, 5) is 11.8. The van der Waals surface area contributed by atoms with Crippen molar-refractivity contribution in [3.05, 3.63) is 23.8 Å². The molecule has 1 atom stereocenters. The van der Waals surface area contributed by atoms with Gasteiger partial charge in [0.05, 0.1) is 25.2 Å². The fourth-order valence-corrected chi connectivity index (χ4v) is 1.36. The van der Waals surface area contributed by atoms with Gasteiger partial charge in [-0.1, -0.05) is 6.07 Å². The summed E-state index contributed by atoms with van der Waals surface area (Å²) < 4.78 is 4.91. The standard InChI is InChI=1S/C12H14N2O3/c1-8(6-7-13)14-12(16)9-4-3-5-10(17-2)11(9)15/h3-5,8,15H,6H2,1-2H3,(H,14,16). The van der Waals surface area contributed by atoms with Gasteiger partial charge in [0.2, 0.25) is 0 Å². The monoisotopic (exact) mass is 234 g/mol. The SMILES string of the molecule is COc1cccc(C(=O)NC(C)CC#N)c1O. The lowest BCUT2D eigenvalue weighted by atomic mass is 10.1. The highest BCUT2D eigenvalue weighted by atomic mass is 16.5. The number of nitriles is 1. The zero-order chi connectivity index (χ0) is 12.8. The Morgan fingerprint density at radius 3 is 2.94 bits per heavy atom. The third-order valence-corrected chi connectivity index (χ3v) is 2.24. The molecule has 0 aliphatic rings. The van der Waals surface area contributed by atoms with Gasteiger partial charge in [-0.15, -0.1) is 0 Å². The molecule has 1 amide bonds. The smallest absolute Gasteiger partial charge is 0.255 e. The summed E-state index contributed by atoms with van der Waals surface area (Å²) in [5.41, 5.74) is 0.133. The Bertz CT molecular complexity index is 452. The van der Waals surface area contributed by atoms with Gasteiger partial charge < -0.3 is 15.2 Å². The van der Waals surface area contributed by atoms with Gasteiger partial charge in [0.25, 0.3) is 5.91 Å². The Balaban J connectivity index is 2.86. The van der Waals surface area contributed by atoms with E-state index in [1.54, 1.807) is 19.1 Å². The fourth-order valence-electron chi connectivity index (χ4n) is 1.36. The molecule has 17 heavy (non-hydrogen) atoms. The summed E-state index contributed by atoms with van der Waals surface area (Å²) in [5.74, 6) is -0.383. The molecule has 90 valence electrons. The normalized spacial score (nSPS) is 11.4. The van der Waals surface area contributed by atoms with E-state index in [2.05, 4.69) is 5.32 Å². The first kappa shape index (κ1) is 12.8. The molecule has 2 N–H and O–H groups in total. The van der Waals surface area contributed by atoms with E-state index in [1.807, 2.05) is 6.07 Å². The second-order valence-electron chi connectivity index (χ2n) is 3.59. The van der Waals surface area contributed by atoms with Crippen LogP contribution in [0.4, 0.5) is 0 Å². The van der Waals surface area contributed by atoms with E-state index < -0.39 is 5.91 Å². The summed E-state index contributed by atoms with van der Waals surface area (Å²) in [6.45, 7) is 1.72. The minimum absolute atomic E-state index is 0.133. The van der Waals surface area contributed by atoms with E-state index in [0.717, 1.165) is 0 Å². The van der Waals surface area contributed by atoms with Crippen molar-refractivity contribution in [2.75, 3.05) is 7.11 Å². The lowest BCUT2D eigenvalue weighted by Gasteiger charge is -2.12. The zero-order valence-corrected chi connectivity index (χ0v) is 9.73. The largest absolute Gasteiger partial charge is 0.504 e. The number of nitrogens with one attached hydrogen (secondary N) is 1. The van der Waals surface area contributed by atoms with Gasteiger partial charge >= 0.3 is 0 Å². The van der Waals surface area contributed by atoms with Crippen LogP contribution in [0.2, 0.25) is 0 Å². The Hall–Kier alpha value is -2.22. The average Bonchev–Trinajstić information content (AvgIpc) is 2.29. The predicted molar refractivity (Wildman–Crippen MR) is 61.8 cm³/mol. The molecular weight excluding hydrogens is 220 g/mol. The molecule has 1 aromatic carbocycles. The quantitative estimate of drug-likeness (QED) is 0.825. The molecule has 0 aliphatic heterocycles. The van der Waals surface area contributed by atoms with Crippen molar-refractivity contribution in [1.29, 1.82) is 5.26 Å². The maximum Gasteiger partial charge on any atom is 0.255 e. The van der Waals surface area contributed by atoms with Crippen LogP contribution in [0.5, 0.6) is 11.5 Å². The molecule has 0 spiro atoms. The number of nitrogens with zero attached hydrogens (tertiary/aromatic N) is 1. The topological polar surface area (TPSA) is 82.3 Å². The number of hydrogen-bond donors (Lipinski definition) is 2. The summed E-state index contributed by atoms with van der Waals surface area (Å²) in [5, 5.41) is 20.8. The molecule has 0 radical (unpaired) electrons. The van der Waals surface area contributed by atoms with Crippen molar-refractivity contribution in [3.8, 4) is 17.6 Å². The minimum atomic E-state index is -0.427. The molecule has 1 unspecified atom stereocenters. The van der Waals surface area contributed by atoms with Crippen LogP contribution in [-0.2, 0) is 0 Å². The van der Waals surface area contributed by atoms with Gasteiger partial charge in [-0.05, 0) is 19.1 Å². The van der Waals surface area contributed by atoms with Crippen LogP contribution < -0.4 is 10.1 Å². The van der Waals surface area contributed by atoms with Crippen LogP contribution in [0, 0.1) is 11.3 Å². The molecule has 1 rings (SSSR count). The summed E-state index contributed by atoms with van der Waals surface area (Å²) >= 11 is 0. The van der Waals surface area contributed by atoms with Gasteiger partial charge in [-0.25, -0.2) is 0 Å². The van der Waals surface area contributed by atoms with Crippen molar-refractivity contribution in [2.45, 2.75) is 19.4 Å². The highest BCUT2D eigenvalue weighted by molar-refractivity contribution is 5.97. The number of benzene rings is 1. The van der Waals surface area contributed by atoms with Crippen LogP contribution in [-0.4, -0.2) is 24.2 Å². The van der Waals surface area contributed by atoms with Crippen LogP contribution in [0.1, 0.15) is 23.7 Å². The van der Waals surface area contributed by atoms with Gasteiger partial charge in [-0.3, -0.25) is 4.79 Å². The summed E-state index contributed by atoms with van der Waals surface area (Å²) in [6.07, 6.45) is 0.219. The molecule has 0 bridgehead atoms. The van der Waals surface area contributed by atoms with E-state index in [0.29, 0.717) is 0 Å². The maximum absolute atomic E-state index is 11.8. The van der Waals surface area contributed by atoms with Crippen molar-refractivity contribution in [3.63, 3.8) is 0 Å². The molecule has 0 saturated heterocycles. The summed E-state index contributed by atoms with van der Waals surface area (Å²) in [7, 11) is 1.41. The van der Waals surface area contributed by atoms with Gasteiger partial charge in [-0.2, -0.15) is 5.26 Å². The zero-order valence-electron chi connectivity index (χ0n) is 9.73. The molecule has 5 heteroatoms. The van der Waals surface area contributed by atoms with E-state index >= 15 is 0 Å². The third-order valence-electron chi connectivity index (χ3n) is 2.24. The third kappa shape index (κ3) is 3.11. The molecular formula is C12H14N2O3. The fraction of sp³-hybridized carbons (Fsp3) is 0.333. The number of carbonyl (C=O) groups is 1. The van der Waals surface area contributed by atoms with Crippen LogP contribution >= 0.6 is 0 Å². The first-order valence-corrected chi connectivity index (χ1v) is 5.14. The molecule has 0 heterocycles. The number of aromatic hydroxyl groups is 1. The average molecular weight is 234 g/mol. The van der Waals surface area contributed by atoms with Gasteiger partial charge in [0.15, 0.2) is 11.5 Å². The number of hydrogen-bond acceptors (Lipinski definition) is 4. The highest BCUT2D eigenvalue weighted by Gasteiger charge is 2.16. The lowest BCUT2D eigenvalue weighted by Crippen LogP contribution is -2.32. The second-order valence-corrected chi connectivity index (χ2v) is 3.59. The van der Waals surface area contributed by atoms with E-state index in [9.17, 15) is 9.90 Å². The number of amides is 1. The molecule has 0 aliphatic carbocycles. The Labute approximate surface area is 99.6 Å². The first-order valence-electron chi connectivity index (χ1n) is 5.14. The first-order chi connectivity index (χ1) is 8.10.